The summed E-state index contributed by atoms with van der Waals surface area (Å²) in [5, 5.41) is 14.8. The number of aliphatic hydroxyl groups excluding tert-OH is 1. The number of oxazole rings is 1. The third-order valence-corrected chi connectivity index (χ3v) is 4.22. The first-order chi connectivity index (χ1) is 10.1. The fourth-order valence-electron chi connectivity index (χ4n) is 2.93. The molecule has 118 valence electrons. The number of carbonyl (C=O) groups excluding carboxylic acids is 1. The minimum absolute atomic E-state index is 0.00690. The summed E-state index contributed by atoms with van der Waals surface area (Å²) in [6.07, 6.45) is 6.48. The van der Waals surface area contributed by atoms with Crippen LogP contribution < -0.4 is 10.6 Å². The van der Waals surface area contributed by atoms with E-state index >= 15 is 0 Å². The lowest BCUT2D eigenvalue weighted by atomic mass is 9.83. The van der Waals surface area contributed by atoms with Gasteiger partial charge < -0.3 is 14.8 Å². The summed E-state index contributed by atoms with van der Waals surface area (Å²) in [7, 11) is 0. The first kappa shape index (κ1) is 15.8. The number of carbonyl (C=O) groups is 1. The normalized spacial score (nSPS) is 17.5. The average molecular weight is 295 g/mol. The summed E-state index contributed by atoms with van der Waals surface area (Å²) >= 11 is 0. The summed E-state index contributed by atoms with van der Waals surface area (Å²) in [5.41, 5.74) is 0.768. The maximum absolute atomic E-state index is 12.1. The van der Waals surface area contributed by atoms with E-state index in [1.165, 1.54) is 19.3 Å². The number of urea groups is 1. The highest BCUT2D eigenvalue weighted by atomic mass is 16.4. The first-order valence-electron chi connectivity index (χ1n) is 7.72. The van der Waals surface area contributed by atoms with Crippen molar-refractivity contribution < 1.29 is 14.3 Å². The third kappa shape index (κ3) is 4.46. The average Bonchev–Trinajstić information content (AvgIpc) is 2.77. The number of aromatic nitrogens is 1. The zero-order valence-corrected chi connectivity index (χ0v) is 12.8. The lowest BCUT2D eigenvalue weighted by molar-refractivity contribution is 0.202. The largest absolute Gasteiger partial charge is 0.428 e. The number of rotatable bonds is 5. The maximum Gasteiger partial charge on any atom is 0.323 e. The van der Waals surface area contributed by atoms with Crippen LogP contribution in [0.1, 0.15) is 50.0 Å². The second kappa shape index (κ2) is 7.45. The zero-order valence-electron chi connectivity index (χ0n) is 12.8. The molecule has 1 fully saturated rings. The van der Waals surface area contributed by atoms with Crippen LogP contribution >= 0.6 is 0 Å². The Hall–Kier alpha value is -1.56. The number of aryl methyl sites for hydroxylation is 2. The number of nitrogens with one attached hydrogen (secondary N) is 2. The number of amides is 2. The molecule has 0 saturated heterocycles. The van der Waals surface area contributed by atoms with Crippen molar-refractivity contribution in [1.82, 2.24) is 10.3 Å². The molecule has 6 nitrogen and oxygen atoms in total. The van der Waals surface area contributed by atoms with Crippen molar-refractivity contribution in [3.8, 4) is 0 Å². The summed E-state index contributed by atoms with van der Waals surface area (Å²) < 4.78 is 5.34. The van der Waals surface area contributed by atoms with Gasteiger partial charge in [-0.15, -0.1) is 0 Å². The Morgan fingerprint density at radius 2 is 2.10 bits per heavy atom. The maximum atomic E-state index is 12.1. The molecule has 1 aliphatic carbocycles. The number of nitrogens with zero attached hydrogens (tertiary/aromatic N) is 1. The van der Waals surface area contributed by atoms with Crippen LogP contribution in [0.5, 0.6) is 0 Å². The highest BCUT2D eigenvalue weighted by Crippen LogP contribution is 2.27. The van der Waals surface area contributed by atoms with Gasteiger partial charge in [0.05, 0.1) is 5.69 Å². The molecule has 1 heterocycles. The highest BCUT2D eigenvalue weighted by Gasteiger charge is 2.25. The molecule has 0 aliphatic heterocycles. The van der Waals surface area contributed by atoms with Crippen molar-refractivity contribution in [2.45, 2.75) is 58.4 Å². The van der Waals surface area contributed by atoms with Crippen LogP contribution in [-0.2, 0) is 0 Å². The van der Waals surface area contributed by atoms with E-state index in [0.29, 0.717) is 18.1 Å². The van der Waals surface area contributed by atoms with E-state index in [1.807, 2.05) is 13.8 Å². The van der Waals surface area contributed by atoms with Gasteiger partial charge in [0, 0.05) is 12.6 Å². The van der Waals surface area contributed by atoms with Crippen LogP contribution in [0.15, 0.2) is 4.42 Å². The number of anilines is 1. The molecular formula is C15H25N3O3. The predicted octanol–water partition coefficient (Wildman–Crippen LogP) is 2.74. The molecule has 21 heavy (non-hydrogen) atoms. The van der Waals surface area contributed by atoms with E-state index in [2.05, 4.69) is 15.6 Å². The molecular weight excluding hydrogens is 270 g/mol. The van der Waals surface area contributed by atoms with E-state index in [4.69, 9.17) is 4.42 Å². The smallest absolute Gasteiger partial charge is 0.323 e. The van der Waals surface area contributed by atoms with Gasteiger partial charge in [0.15, 0.2) is 0 Å². The highest BCUT2D eigenvalue weighted by molar-refractivity contribution is 5.87. The van der Waals surface area contributed by atoms with Gasteiger partial charge in [0.2, 0.25) is 0 Å². The van der Waals surface area contributed by atoms with Crippen LogP contribution in [0.2, 0.25) is 0 Å². The van der Waals surface area contributed by atoms with Crippen molar-refractivity contribution in [2.75, 3.05) is 11.9 Å². The third-order valence-electron chi connectivity index (χ3n) is 4.22. The Bertz CT molecular complexity index is 447. The molecule has 1 aromatic rings. The molecule has 1 unspecified atom stereocenters. The second-order valence-corrected chi connectivity index (χ2v) is 5.78. The van der Waals surface area contributed by atoms with Gasteiger partial charge in [-0.3, -0.25) is 5.32 Å². The molecule has 0 bridgehead atoms. The van der Waals surface area contributed by atoms with E-state index in [9.17, 15) is 9.90 Å². The summed E-state index contributed by atoms with van der Waals surface area (Å²) in [4.78, 5) is 16.2. The standard InChI is InChI=1S/C15H25N3O3/c1-10-11(2)21-15(16-10)18-14(20)17-13(8-9-19)12-6-4-3-5-7-12/h12-13,19H,3-9H2,1-2H3,(H2,16,17,18,20). The lowest BCUT2D eigenvalue weighted by Crippen LogP contribution is -2.43. The van der Waals surface area contributed by atoms with Gasteiger partial charge in [-0.25, -0.2) is 4.79 Å². The molecule has 1 aliphatic rings. The van der Waals surface area contributed by atoms with Gasteiger partial charge in [0.1, 0.15) is 5.76 Å². The van der Waals surface area contributed by atoms with Gasteiger partial charge >= 0.3 is 12.0 Å². The van der Waals surface area contributed by atoms with Crippen molar-refractivity contribution in [1.29, 1.82) is 0 Å². The van der Waals surface area contributed by atoms with Gasteiger partial charge in [-0.2, -0.15) is 4.98 Å². The second-order valence-electron chi connectivity index (χ2n) is 5.78. The van der Waals surface area contributed by atoms with Crippen molar-refractivity contribution >= 4 is 12.0 Å². The van der Waals surface area contributed by atoms with Crippen LogP contribution in [-0.4, -0.2) is 28.8 Å². The molecule has 0 aromatic carbocycles. The van der Waals surface area contributed by atoms with Crippen LogP contribution in [0.3, 0.4) is 0 Å². The van der Waals surface area contributed by atoms with Crippen LogP contribution in [0.4, 0.5) is 10.8 Å². The van der Waals surface area contributed by atoms with E-state index in [-0.39, 0.29) is 24.7 Å². The molecule has 1 aromatic heterocycles. The monoisotopic (exact) mass is 295 g/mol. The molecule has 1 saturated carbocycles. The Kier molecular flexibility index (Phi) is 5.61. The Morgan fingerprint density at radius 1 is 1.38 bits per heavy atom. The fraction of sp³-hybridized carbons (Fsp3) is 0.733. The lowest BCUT2D eigenvalue weighted by Gasteiger charge is -2.30. The van der Waals surface area contributed by atoms with Crippen molar-refractivity contribution in [3.05, 3.63) is 11.5 Å². The van der Waals surface area contributed by atoms with E-state index in [1.54, 1.807) is 0 Å². The van der Waals surface area contributed by atoms with E-state index < -0.39 is 0 Å². The molecule has 2 amide bonds. The molecule has 6 heteroatoms. The fourth-order valence-corrected chi connectivity index (χ4v) is 2.93. The van der Waals surface area contributed by atoms with Gasteiger partial charge in [-0.1, -0.05) is 19.3 Å². The molecule has 2 rings (SSSR count). The van der Waals surface area contributed by atoms with Gasteiger partial charge in [-0.05, 0) is 39.0 Å². The molecule has 1 atom stereocenters. The van der Waals surface area contributed by atoms with Crippen molar-refractivity contribution in [3.63, 3.8) is 0 Å². The number of hydrogen-bond donors (Lipinski definition) is 3. The SMILES string of the molecule is Cc1nc(NC(=O)NC(CCO)C2CCCCC2)oc1C. The number of hydrogen-bond acceptors (Lipinski definition) is 4. The minimum atomic E-state index is -0.319. The molecule has 0 radical (unpaired) electrons. The first-order valence-corrected chi connectivity index (χ1v) is 7.72. The summed E-state index contributed by atoms with van der Waals surface area (Å²) in [5.74, 6) is 1.15. The van der Waals surface area contributed by atoms with Crippen LogP contribution in [0, 0.1) is 19.8 Å². The molecule has 3 N–H and O–H groups in total. The topological polar surface area (TPSA) is 87.4 Å². The van der Waals surface area contributed by atoms with Gasteiger partial charge in [0.25, 0.3) is 0 Å². The number of aliphatic hydroxyl groups is 1. The van der Waals surface area contributed by atoms with Crippen LogP contribution in [0.25, 0.3) is 0 Å². The predicted molar refractivity (Wildman–Crippen MR) is 80.2 cm³/mol. The minimum Gasteiger partial charge on any atom is -0.428 e. The Morgan fingerprint density at radius 3 is 2.67 bits per heavy atom. The summed E-state index contributed by atoms with van der Waals surface area (Å²) in [6.45, 7) is 3.72. The zero-order chi connectivity index (χ0) is 15.2. The Balaban J connectivity index is 1.90. The summed E-state index contributed by atoms with van der Waals surface area (Å²) in [6, 6.07) is -0.0957. The quantitative estimate of drug-likeness (QED) is 0.779. The van der Waals surface area contributed by atoms with E-state index in [0.717, 1.165) is 18.5 Å². The molecule has 0 spiro atoms. The Labute approximate surface area is 125 Å². The van der Waals surface area contributed by atoms with Crippen molar-refractivity contribution in [2.24, 2.45) is 5.92 Å².